The van der Waals surface area contributed by atoms with Gasteiger partial charge in [-0.15, -0.1) is 11.8 Å². The summed E-state index contributed by atoms with van der Waals surface area (Å²) in [6, 6.07) is 30.3. The summed E-state index contributed by atoms with van der Waals surface area (Å²) in [4.78, 5) is 25.6. The molecule has 3 aromatic rings. The molecule has 1 atom stereocenters. The van der Waals surface area contributed by atoms with E-state index in [-0.39, 0.29) is 18.9 Å². The molecule has 36 heavy (non-hydrogen) atoms. The highest BCUT2D eigenvalue weighted by molar-refractivity contribution is 8.00. The maximum absolute atomic E-state index is 13.0. The molecule has 3 N–H and O–H groups in total. The first kappa shape index (κ1) is 27.3. The zero-order valence-corrected chi connectivity index (χ0v) is 21.8. The van der Waals surface area contributed by atoms with Crippen LogP contribution in [0.5, 0.6) is 0 Å². The Labute approximate surface area is 217 Å². The Bertz CT molecular complexity index is 1010. The van der Waals surface area contributed by atoms with Crippen LogP contribution in [-0.2, 0) is 14.3 Å². The minimum absolute atomic E-state index is 0.0748. The van der Waals surface area contributed by atoms with Crippen molar-refractivity contribution in [3.05, 3.63) is 108 Å². The van der Waals surface area contributed by atoms with Crippen molar-refractivity contribution in [1.29, 1.82) is 0 Å². The van der Waals surface area contributed by atoms with Gasteiger partial charge in [0.15, 0.2) is 6.10 Å². The minimum Gasteiger partial charge on any atom is -0.435 e. The summed E-state index contributed by atoms with van der Waals surface area (Å²) in [6.45, 7) is 5.40. The summed E-state index contributed by atoms with van der Waals surface area (Å²) in [6.07, 6.45) is -1.74. The Morgan fingerprint density at radius 3 is 1.67 bits per heavy atom. The number of rotatable bonds is 10. The topological polar surface area (TPSA) is 87.7 Å². The molecule has 190 valence electrons. The average Bonchev–Trinajstić information content (AvgIpc) is 2.87. The van der Waals surface area contributed by atoms with Crippen LogP contribution in [0.25, 0.3) is 0 Å². The second kappa shape index (κ2) is 12.6. The highest BCUT2D eigenvalue weighted by Gasteiger charge is 2.39. The fourth-order valence-electron chi connectivity index (χ4n) is 3.89. The van der Waals surface area contributed by atoms with Gasteiger partial charge in [0.05, 0.1) is 11.4 Å². The summed E-state index contributed by atoms with van der Waals surface area (Å²) in [5.41, 5.74) is 2.61. The van der Waals surface area contributed by atoms with E-state index in [0.717, 1.165) is 16.7 Å². The van der Waals surface area contributed by atoms with E-state index < -0.39 is 28.4 Å². The molecule has 2 amide bonds. The third-order valence-corrected chi connectivity index (χ3v) is 7.03. The fraction of sp³-hybridized carbons (Fsp3) is 0.310. The Balaban J connectivity index is 2.03. The van der Waals surface area contributed by atoms with Gasteiger partial charge in [-0.1, -0.05) is 91.0 Å². The summed E-state index contributed by atoms with van der Waals surface area (Å²) >= 11 is 1.53. The summed E-state index contributed by atoms with van der Waals surface area (Å²) in [5.74, 6) is -0.267. The maximum atomic E-state index is 13.0. The predicted molar refractivity (Wildman–Crippen MR) is 145 cm³/mol. The smallest absolute Gasteiger partial charge is 0.408 e. The second-order valence-electron chi connectivity index (χ2n) is 9.37. The van der Waals surface area contributed by atoms with Gasteiger partial charge in [-0.25, -0.2) is 4.79 Å². The van der Waals surface area contributed by atoms with Crippen LogP contribution >= 0.6 is 11.8 Å². The van der Waals surface area contributed by atoms with Crippen LogP contribution in [-0.4, -0.2) is 47.7 Å². The molecule has 3 aromatic carbocycles. The van der Waals surface area contributed by atoms with Crippen LogP contribution in [0.15, 0.2) is 91.0 Å². The summed E-state index contributed by atoms with van der Waals surface area (Å²) < 4.78 is 4.96. The number of aliphatic hydroxyl groups is 1. The minimum atomic E-state index is -1.07. The lowest BCUT2D eigenvalue weighted by Gasteiger charge is -2.36. The van der Waals surface area contributed by atoms with Crippen molar-refractivity contribution >= 4 is 23.8 Å². The van der Waals surface area contributed by atoms with Gasteiger partial charge in [0.25, 0.3) is 5.91 Å². The van der Waals surface area contributed by atoms with Gasteiger partial charge in [0.1, 0.15) is 0 Å². The number of aliphatic hydroxyl groups excluding tert-OH is 1. The Kier molecular flexibility index (Phi) is 9.56. The van der Waals surface area contributed by atoms with E-state index in [1.807, 2.05) is 75.4 Å². The SMILES string of the molecule is CC(C)(C)NC(=O)OC(CSC(c1ccccc1)(c1ccccc1)c1ccccc1)C(=O)NCCO. The predicted octanol–water partition coefficient (Wildman–Crippen LogP) is 4.71. The van der Waals surface area contributed by atoms with Crippen LogP contribution < -0.4 is 10.6 Å². The summed E-state index contributed by atoms with van der Waals surface area (Å²) in [5, 5.41) is 14.6. The number of thioether (sulfide) groups is 1. The number of alkyl carbamates (subject to hydrolysis) is 1. The molecule has 0 fully saturated rings. The normalized spacial score (nSPS) is 12.4. The van der Waals surface area contributed by atoms with Crippen LogP contribution in [0.1, 0.15) is 37.5 Å². The van der Waals surface area contributed by atoms with Gasteiger partial charge in [0, 0.05) is 17.8 Å². The van der Waals surface area contributed by atoms with E-state index >= 15 is 0 Å². The molecule has 6 nitrogen and oxygen atoms in total. The monoisotopic (exact) mass is 506 g/mol. The number of hydrogen-bond donors (Lipinski definition) is 3. The van der Waals surface area contributed by atoms with E-state index in [1.165, 1.54) is 11.8 Å². The van der Waals surface area contributed by atoms with Gasteiger partial charge in [-0.05, 0) is 37.5 Å². The lowest BCUT2D eigenvalue weighted by Crippen LogP contribution is -2.47. The van der Waals surface area contributed by atoms with E-state index in [9.17, 15) is 14.7 Å². The molecule has 7 heteroatoms. The zero-order chi connectivity index (χ0) is 26.0. The van der Waals surface area contributed by atoms with E-state index in [0.29, 0.717) is 0 Å². The lowest BCUT2D eigenvalue weighted by atomic mass is 9.84. The van der Waals surface area contributed by atoms with Crippen molar-refractivity contribution in [3.8, 4) is 0 Å². The number of carbonyl (C=O) groups is 2. The third-order valence-electron chi connectivity index (χ3n) is 5.42. The molecule has 3 rings (SSSR count). The van der Waals surface area contributed by atoms with Crippen LogP contribution in [0.3, 0.4) is 0 Å². The largest absolute Gasteiger partial charge is 0.435 e. The lowest BCUT2D eigenvalue weighted by molar-refractivity contribution is -0.128. The molecule has 1 unspecified atom stereocenters. The van der Waals surface area contributed by atoms with E-state index in [2.05, 4.69) is 47.0 Å². The zero-order valence-electron chi connectivity index (χ0n) is 20.9. The van der Waals surface area contributed by atoms with Gasteiger partial charge in [-0.2, -0.15) is 0 Å². The number of nitrogens with one attached hydrogen (secondary N) is 2. The number of carbonyl (C=O) groups excluding carboxylic acids is 2. The number of benzene rings is 3. The van der Waals surface area contributed by atoms with Gasteiger partial charge in [0.2, 0.25) is 0 Å². The van der Waals surface area contributed by atoms with Crippen molar-refractivity contribution in [2.75, 3.05) is 18.9 Å². The first-order chi connectivity index (χ1) is 17.3. The van der Waals surface area contributed by atoms with Gasteiger partial charge >= 0.3 is 6.09 Å². The number of ether oxygens (including phenoxy) is 1. The fourth-order valence-corrected chi connectivity index (χ4v) is 5.42. The van der Waals surface area contributed by atoms with Crippen molar-refractivity contribution in [2.45, 2.75) is 37.2 Å². The van der Waals surface area contributed by atoms with Crippen LogP contribution in [0.2, 0.25) is 0 Å². The highest BCUT2D eigenvalue weighted by atomic mass is 32.2. The Morgan fingerprint density at radius 2 is 1.28 bits per heavy atom. The molecule has 0 radical (unpaired) electrons. The van der Waals surface area contributed by atoms with Crippen molar-refractivity contribution < 1.29 is 19.4 Å². The van der Waals surface area contributed by atoms with E-state index in [4.69, 9.17) is 4.74 Å². The quantitative estimate of drug-likeness (QED) is 0.347. The van der Waals surface area contributed by atoms with Crippen molar-refractivity contribution in [3.63, 3.8) is 0 Å². The third kappa shape index (κ3) is 7.12. The van der Waals surface area contributed by atoms with Gasteiger partial charge in [-0.3, -0.25) is 4.79 Å². The molecule has 0 heterocycles. The first-order valence-electron chi connectivity index (χ1n) is 11.9. The Morgan fingerprint density at radius 1 is 0.833 bits per heavy atom. The molecule has 0 aliphatic carbocycles. The van der Waals surface area contributed by atoms with Crippen molar-refractivity contribution in [1.82, 2.24) is 10.6 Å². The standard InChI is InChI=1S/C29H34N2O4S/c1-28(2,3)31-27(34)35-25(26(33)30-19-20-32)21-36-29(22-13-7-4-8-14-22,23-15-9-5-10-16-23)24-17-11-6-12-18-24/h4-18,25,32H,19-21H2,1-3H3,(H,30,33)(H,31,34). The molecule has 0 bridgehead atoms. The second-order valence-corrected chi connectivity index (χ2v) is 10.6. The van der Waals surface area contributed by atoms with E-state index in [1.54, 1.807) is 0 Å². The summed E-state index contributed by atoms with van der Waals surface area (Å²) in [7, 11) is 0. The first-order valence-corrected chi connectivity index (χ1v) is 12.9. The molecule has 0 saturated heterocycles. The van der Waals surface area contributed by atoms with Gasteiger partial charge < -0.3 is 20.5 Å². The molecule has 0 aliphatic heterocycles. The molecule has 0 spiro atoms. The van der Waals surface area contributed by atoms with Crippen LogP contribution in [0.4, 0.5) is 4.79 Å². The number of hydrogen-bond acceptors (Lipinski definition) is 5. The average molecular weight is 507 g/mol. The molecular formula is C29H34N2O4S. The maximum Gasteiger partial charge on any atom is 0.408 e. The van der Waals surface area contributed by atoms with Crippen LogP contribution in [0, 0.1) is 0 Å². The molecule has 0 aliphatic rings. The molecule has 0 aromatic heterocycles. The van der Waals surface area contributed by atoms with Crippen molar-refractivity contribution in [2.24, 2.45) is 0 Å². The molecular weight excluding hydrogens is 472 g/mol. The highest BCUT2D eigenvalue weighted by Crippen LogP contribution is 2.48. The Hall–Kier alpha value is -3.29. The molecule has 0 saturated carbocycles. The number of amides is 2.